The fourth-order valence-corrected chi connectivity index (χ4v) is 3.86. The Morgan fingerprint density at radius 2 is 1.57 bits per heavy atom. The molecule has 3 aromatic rings. The van der Waals surface area contributed by atoms with E-state index < -0.39 is 0 Å². The Kier molecular flexibility index (Phi) is 9.51. The number of carbonyl (C=O) groups is 2. The number of carbonyl (C=O) groups excluding carboxylic acids is 2. The summed E-state index contributed by atoms with van der Waals surface area (Å²) in [5, 5.41) is 10.0. The molecule has 0 spiro atoms. The van der Waals surface area contributed by atoms with E-state index >= 15 is 0 Å². The molecule has 3 rings (SSSR count). The number of halogens is 1. The Labute approximate surface area is 221 Å². The van der Waals surface area contributed by atoms with Gasteiger partial charge in [-0.1, -0.05) is 40.5 Å². The van der Waals surface area contributed by atoms with Gasteiger partial charge in [-0.25, -0.2) is 0 Å². The highest BCUT2D eigenvalue weighted by molar-refractivity contribution is 6.31. The topological polar surface area (TPSA) is 98.2 Å². The standard InChI is InChI=1S/C28H30ClN3O5/c1-17-10-19(3)28(20(4)11-17)32-26(33)15-36-24-9-7-21(12-25(24)35-5)14-30-37-16-27(34)31-23-13-22(29)8-6-18(23)2/h6-14H,15-16H2,1-5H3,(H,31,34)(H,32,33)/b30-14-. The smallest absolute Gasteiger partial charge is 0.265 e. The predicted octanol–water partition coefficient (Wildman–Crippen LogP) is 5.59. The normalized spacial score (nSPS) is 10.8. The summed E-state index contributed by atoms with van der Waals surface area (Å²) in [4.78, 5) is 29.7. The number of ether oxygens (including phenoxy) is 2. The van der Waals surface area contributed by atoms with Crippen LogP contribution in [0.5, 0.6) is 11.5 Å². The van der Waals surface area contributed by atoms with Gasteiger partial charge in [0.15, 0.2) is 24.7 Å². The maximum absolute atomic E-state index is 12.5. The molecule has 2 amide bonds. The summed E-state index contributed by atoms with van der Waals surface area (Å²) in [5.41, 5.74) is 6.06. The summed E-state index contributed by atoms with van der Waals surface area (Å²) in [6, 6.07) is 14.4. The lowest BCUT2D eigenvalue weighted by Crippen LogP contribution is -2.21. The van der Waals surface area contributed by atoms with Crippen molar-refractivity contribution >= 4 is 41.0 Å². The van der Waals surface area contributed by atoms with Gasteiger partial charge in [0.1, 0.15) is 0 Å². The molecule has 0 aromatic heterocycles. The summed E-state index contributed by atoms with van der Waals surface area (Å²) < 4.78 is 11.1. The maximum Gasteiger partial charge on any atom is 0.265 e. The summed E-state index contributed by atoms with van der Waals surface area (Å²) in [6.07, 6.45) is 1.44. The Bertz CT molecular complexity index is 1300. The van der Waals surface area contributed by atoms with E-state index in [-0.39, 0.29) is 25.0 Å². The quantitative estimate of drug-likeness (QED) is 0.267. The number of methoxy groups -OCH3 is 1. The lowest BCUT2D eigenvalue weighted by atomic mass is 10.1. The summed E-state index contributed by atoms with van der Waals surface area (Å²) in [6.45, 7) is 7.34. The van der Waals surface area contributed by atoms with E-state index in [0.29, 0.717) is 27.8 Å². The van der Waals surface area contributed by atoms with Crippen LogP contribution in [0.1, 0.15) is 27.8 Å². The Balaban J connectivity index is 1.52. The van der Waals surface area contributed by atoms with E-state index in [1.165, 1.54) is 13.3 Å². The molecule has 0 aliphatic carbocycles. The minimum absolute atomic E-state index is 0.180. The van der Waals surface area contributed by atoms with Crippen molar-refractivity contribution < 1.29 is 23.9 Å². The zero-order chi connectivity index (χ0) is 26.9. The monoisotopic (exact) mass is 523 g/mol. The van der Waals surface area contributed by atoms with Crippen LogP contribution in [0.3, 0.4) is 0 Å². The summed E-state index contributed by atoms with van der Waals surface area (Å²) in [7, 11) is 1.50. The first kappa shape index (κ1) is 27.5. The number of amides is 2. The number of anilines is 2. The van der Waals surface area contributed by atoms with E-state index in [0.717, 1.165) is 27.9 Å². The number of oxime groups is 1. The van der Waals surface area contributed by atoms with Crippen molar-refractivity contribution in [3.05, 3.63) is 81.4 Å². The minimum Gasteiger partial charge on any atom is -0.493 e. The second-order valence-electron chi connectivity index (χ2n) is 8.54. The van der Waals surface area contributed by atoms with Crippen LogP contribution < -0.4 is 20.1 Å². The molecule has 0 unspecified atom stereocenters. The number of hydrogen-bond donors (Lipinski definition) is 2. The Hall–Kier alpha value is -4.04. The number of rotatable bonds is 10. The molecule has 0 heterocycles. The lowest BCUT2D eigenvalue weighted by molar-refractivity contribution is -0.120. The first-order valence-corrected chi connectivity index (χ1v) is 11.9. The van der Waals surface area contributed by atoms with Gasteiger partial charge in [-0.05, 0) is 74.7 Å². The highest BCUT2D eigenvalue weighted by Crippen LogP contribution is 2.28. The van der Waals surface area contributed by atoms with Gasteiger partial charge in [0.2, 0.25) is 0 Å². The zero-order valence-electron chi connectivity index (χ0n) is 21.5. The van der Waals surface area contributed by atoms with Gasteiger partial charge in [0.05, 0.1) is 13.3 Å². The minimum atomic E-state index is -0.363. The number of nitrogens with one attached hydrogen (secondary N) is 2. The van der Waals surface area contributed by atoms with E-state index in [1.807, 2.05) is 45.9 Å². The Morgan fingerprint density at radius 3 is 2.27 bits per heavy atom. The molecule has 9 heteroatoms. The molecule has 0 saturated carbocycles. The van der Waals surface area contributed by atoms with Crippen molar-refractivity contribution in [3.63, 3.8) is 0 Å². The van der Waals surface area contributed by atoms with Crippen molar-refractivity contribution in [2.24, 2.45) is 5.16 Å². The molecule has 37 heavy (non-hydrogen) atoms. The van der Waals surface area contributed by atoms with Gasteiger partial charge >= 0.3 is 0 Å². The SMILES string of the molecule is COc1cc(/C=N\OCC(=O)Nc2cc(Cl)ccc2C)ccc1OCC(=O)Nc1c(C)cc(C)cc1C. The third-order valence-electron chi connectivity index (χ3n) is 5.43. The molecule has 0 fully saturated rings. The van der Waals surface area contributed by atoms with Crippen molar-refractivity contribution in [3.8, 4) is 11.5 Å². The largest absolute Gasteiger partial charge is 0.493 e. The van der Waals surface area contributed by atoms with Crippen LogP contribution in [-0.4, -0.2) is 38.4 Å². The average molecular weight is 524 g/mol. The number of benzene rings is 3. The number of hydrogen-bond acceptors (Lipinski definition) is 6. The van der Waals surface area contributed by atoms with Gasteiger partial charge in [-0.3, -0.25) is 9.59 Å². The first-order chi connectivity index (χ1) is 17.7. The molecule has 0 aliphatic heterocycles. The Morgan fingerprint density at radius 1 is 0.865 bits per heavy atom. The van der Waals surface area contributed by atoms with E-state index in [9.17, 15) is 9.59 Å². The van der Waals surface area contributed by atoms with E-state index in [1.54, 1.807) is 30.3 Å². The summed E-state index contributed by atoms with van der Waals surface area (Å²) >= 11 is 5.97. The van der Waals surface area contributed by atoms with Crippen LogP contribution >= 0.6 is 11.6 Å². The van der Waals surface area contributed by atoms with Gasteiger partial charge in [-0.2, -0.15) is 0 Å². The molecule has 3 aromatic carbocycles. The fourth-order valence-electron chi connectivity index (χ4n) is 3.69. The van der Waals surface area contributed by atoms with E-state index in [2.05, 4.69) is 15.8 Å². The number of aryl methyl sites for hydroxylation is 4. The van der Waals surface area contributed by atoms with E-state index in [4.69, 9.17) is 25.9 Å². The molecular formula is C28H30ClN3O5. The van der Waals surface area contributed by atoms with Crippen molar-refractivity contribution in [2.75, 3.05) is 31.0 Å². The molecule has 0 bridgehead atoms. The van der Waals surface area contributed by atoms with Gasteiger partial charge in [0, 0.05) is 22.0 Å². The summed E-state index contributed by atoms with van der Waals surface area (Å²) in [5.74, 6) is 0.193. The molecule has 0 saturated heterocycles. The van der Waals surface area contributed by atoms with Crippen LogP contribution in [0.15, 0.2) is 53.7 Å². The molecule has 2 N–H and O–H groups in total. The van der Waals surface area contributed by atoms with Crippen LogP contribution in [-0.2, 0) is 14.4 Å². The van der Waals surface area contributed by atoms with Gasteiger partial charge < -0.3 is 24.9 Å². The molecule has 0 radical (unpaired) electrons. The molecule has 194 valence electrons. The first-order valence-electron chi connectivity index (χ1n) is 11.6. The van der Waals surface area contributed by atoms with Crippen LogP contribution in [0, 0.1) is 27.7 Å². The van der Waals surface area contributed by atoms with Crippen LogP contribution in [0.4, 0.5) is 11.4 Å². The number of nitrogens with zero attached hydrogens (tertiary/aromatic N) is 1. The van der Waals surface area contributed by atoms with Crippen molar-refractivity contribution in [2.45, 2.75) is 27.7 Å². The fraction of sp³-hybridized carbons (Fsp3) is 0.250. The predicted molar refractivity (Wildman–Crippen MR) is 146 cm³/mol. The third kappa shape index (κ3) is 7.98. The molecule has 8 nitrogen and oxygen atoms in total. The van der Waals surface area contributed by atoms with Crippen LogP contribution in [0.2, 0.25) is 5.02 Å². The second kappa shape index (κ2) is 12.8. The lowest BCUT2D eigenvalue weighted by Gasteiger charge is -2.14. The zero-order valence-corrected chi connectivity index (χ0v) is 22.2. The van der Waals surface area contributed by atoms with Crippen molar-refractivity contribution in [1.82, 2.24) is 0 Å². The van der Waals surface area contributed by atoms with Gasteiger partial charge in [-0.15, -0.1) is 0 Å². The molecule has 0 aliphatic rings. The highest BCUT2D eigenvalue weighted by Gasteiger charge is 2.12. The second-order valence-corrected chi connectivity index (χ2v) is 8.97. The van der Waals surface area contributed by atoms with Crippen LogP contribution in [0.25, 0.3) is 0 Å². The third-order valence-corrected chi connectivity index (χ3v) is 5.67. The maximum atomic E-state index is 12.5. The highest BCUT2D eigenvalue weighted by atomic mass is 35.5. The molecular weight excluding hydrogens is 494 g/mol. The average Bonchev–Trinajstić information content (AvgIpc) is 2.85. The van der Waals surface area contributed by atoms with Gasteiger partial charge in [0.25, 0.3) is 11.8 Å². The molecule has 0 atom stereocenters. The van der Waals surface area contributed by atoms with Crippen molar-refractivity contribution in [1.29, 1.82) is 0 Å².